The van der Waals surface area contributed by atoms with Crippen LogP contribution in [0.2, 0.25) is 0 Å². The maximum atomic E-state index is 6.96. The van der Waals surface area contributed by atoms with Gasteiger partial charge in [-0.2, -0.15) is 0 Å². The SMILES string of the molecule is C1=CC2=C(CC1)C1(C3=CCCC=C3Oc3c(-c4ccc(-c5nc(-c6ccccc6)c6ccccc6n5)cc4)cccc31)c1ccccc12. The Balaban J connectivity index is 1.13. The Bertz CT molecular complexity index is 2410. The maximum Gasteiger partial charge on any atom is 0.160 e. The van der Waals surface area contributed by atoms with E-state index in [0.29, 0.717) is 0 Å². The number of benzene rings is 5. The standard InChI is InChI=1S/C45H32N2O/c1-2-13-30(14-3-1)42-35-17-6-10-23-40(35)46-44(47-42)31-27-25-29(26-28-31)32-18-12-22-39-43(32)48-41-24-11-9-21-38(41)45(39)36-19-7-4-15-33(36)34-16-5-8-20-37(34)45/h1-7,10,12-19,21-28H,8-9,11,20H2. The highest BCUT2D eigenvalue weighted by Gasteiger charge is 2.53. The summed E-state index contributed by atoms with van der Waals surface area (Å²) in [4.78, 5) is 10.1. The number of hydrogen-bond acceptors (Lipinski definition) is 3. The van der Waals surface area contributed by atoms with Gasteiger partial charge in [0.25, 0.3) is 0 Å². The zero-order valence-electron chi connectivity index (χ0n) is 26.5. The Morgan fingerprint density at radius 1 is 0.583 bits per heavy atom. The number of ether oxygens (including phenoxy) is 1. The van der Waals surface area contributed by atoms with E-state index in [2.05, 4.69) is 127 Å². The van der Waals surface area contributed by atoms with Gasteiger partial charge in [0, 0.05) is 33.2 Å². The molecular formula is C45H32N2O. The van der Waals surface area contributed by atoms with Crippen molar-refractivity contribution < 1.29 is 4.74 Å². The molecule has 3 heteroatoms. The number of nitrogens with zero attached hydrogens (tertiary/aromatic N) is 2. The average molecular weight is 617 g/mol. The second-order valence-corrected chi connectivity index (χ2v) is 13.0. The van der Waals surface area contributed by atoms with Gasteiger partial charge < -0.3 is 4.74 Å². The molecule has 3 aliphatic carbocycles. The van der Waals surface area contributed by atoms with Crippen LogP contribution in [0.25, 0.3) is 50.2 Å². The van der Waals surface area contributed by atoms with E-state index in [-0.39, 0.29) is 5.41 Å². The molecule has 1 unspecified atom stereocenters. The van der Waals surface area contributed by atoms with Gasteiger partial charge in [0.2, 0.25) is 0 Å². The van der Waals surface area contributed by atoms with Crippen molar-refractivity contribution in [2.75, 3.05) is 0 Å². The molecule has 0 bridgehead atoms. The van der Waals surface area contributed by atoms with Crippen LogP contribution in [0.3, 0.4) is 0 Å². The van der Waals surface area contributed by atoms with E-state index in [1.807, 2.05) is 18.2 Å². The summed E-state index contributed by atoms with van der Waals surface area (Å²) in [5.74, 6) is 2.69. The minimum Gasteiger partial charge on any atom is -0.456 e. The van der Waals surface area contributed by atoms with Crippen molar-refractivity contribution in [1.82, 2.24) is 9.97 Å². The van der Waals surface area contributed by atoms with Gasteiger partial charge in [0.15, 0.2) is 5.82 Å². The molecule has 6 aromatic rings. The van der Waals surface area contributed by atoms with Crippen LogP contribution in [-0.2, 0) is 5.41 Å². The predicted molar refractivity (Wildman–Crippen MR) is 194 cm³/mol. The Morgan fingerprint density at radius 2 is 1.33 bits per heavy atom. The van der Waals surface area contributed by atoms with E-state index in [0.717, 1.165) is 81.9 Å². The molecule has 0 N–H and O–H groups in total. The zero-order valence-corrected chi connectivity index (χ0v) is 26.5. The summed E-state index contributed by atoms with van der Waals surface area (Å²) >= 11 is 0. The Morgan fingerprint density at radius 3 is 2.25 bits per heavy atom. The fraction of sp³-hybridized carbons (Fsp3) is 0.111. The average Bonchev–Trinajstić information content (AvgIpc) is 3.45. The van der Waals surface area contributed by atoms with Gasteiger partial charge in [-0.15, -0.1) is 0 Å². The summed E-state index contributed by atoms with van der Waals surface area (Å²) in [5.41, 5.74) is 14.0. The van der Waals surface area contributed by atoms with Gasteiger partial charge in [-0.25, -0.2) is 9.97 Å². The van der Waals surface area contributed by atoms with Crippen molar-refractivity contribution in [2.45, 2.75) is 31.1 Å². The molecule has 0 saturated heterocycles. The zero-order chi connectivity index (χ0) is 31.7. The third-order valence-electron chi connectivity index (χ3n) is 10.5. The molecule has 0 amide bonds. The second kappa shape index (κ2) is 10.6. The van der Waals surface area contributed by atoms with Gasteiger partial charge in [0.1, 0.15) is 11.5 Å². The van der Waals surface area contributed by atoms with E-state index in [9.17, 15) is 0 Å². The highest BCUT2D eigenvalue weighted by molar-refractivity contribution is 5.95. The fourth-order valence-electron chi connectivity index (χ4n) is 8.46. The number of fused-ring (bicyclic) bond motifs is 9. The molecule has 1 spiro atoms. The minimum absolute atomic E-state index is 0.348. The number of aromatic nitrogens is 2. The fourth-order valence-corrected chi connectivity index (χ4v) is 8.46. The Hall–Kier alpha value is -5.80. The van der Waals surface area contributed by atoms with E-state index >= 15 is 0 Å². The minimum atomic E-state index is -0.348. The van der Waals surface area contributed by atoms with Gasteiger partial charge in [-0.1, -0.05) is 133 Å². The summed E-state index contributed by atoms with van der Waals surface area (Å²) in [6, 6.07) is 43.1. The van der Waals surface area contributed by atoms with E-state index in [1.54, 1.807) is 0 Å². The molecule has 5 aromatic carbocycles. The molecule has 48 heavy (non-hydrogen) atoms. The van der Waals surface area contributed by atoms with Crippen molar-refractivity contribution in [3.05, 3.63) is 179 Å². The first-order valence-corrected chi connectivity index (χ1v) is 17.0. The van der Waals surface area contributed by atoms with Crippen LogP contribution < -0.4 is 4.74 Å². The number of para-hydroxylation sites is 2. The molecule has 4 aliphatic rings. The first kappa shape index (κ1) is 27.3. The van der Waals surface area contributed by atoms with Crippen LogP contribution in [0.4, 0.5) is 0 Å². The third kappa shape index (κ3) is 3.88. The molecule has 0 saturated carbocycles. The first-order valence-electron chi connectivity index (χ1n) is 17.0. The summed E-state index contributed by atoms with van der Waals surface area (Å²) < 4.78 is 6.96. The van der Waals surface area contributed by atoms with Gasteiger partial charge in [0.05, 0.1) is 16.6 Å². The second-order valence-electron chi connectivity index (χ2n) is 13.0. The van der Waals surface area contributed by atoms with Crippen molar-refractivity contribution >= 4 is 16.5 Å². The van der Waals surface area contributed by atoms with Gasteiger partial charge >= 0.3 is 0 Å². The van der Waals surface area contributed by atoms with Crippen LogP contribution >= 0.6 is 0 Å². The highest BCUT2D eigenvalue weighted by atomic mass is 16.5. The molecule has 0 fully saturated rings. The summed E-state index contributed by atoms with van der Waals surface area (Å²) in [6.45, 7) is 0. The van der Waals surface area contributed by atoms with Crippen LogP contribution in [0.5, 0.6) is 5.75 Å². The Kier molecular flexibility index (Phi) is 6.04. The lowest BCUT2D eigenvalue weighted by atomic mass is 9.62. The molecule has 228 valence electrons. The summed E-state index contributed by atoms with van der Waals surface area (Å²) in [7, 11) is 0. The normalized spacial score (nSPS) is 18.8. The summed E-state index contributed by atoms with van der Waals surface area (Å²) in [5, 5.41) is 1.05. The van der Waals surface area contributed by atoms with Crippen molar-refractivity contribution in [2.24, 2.45) is 0 Å². The summed E-state index contributed by atoms with van der Waals surface area (Å²) in [6.07, 6.45) is 13.6. The molecule has 2 heterocycles. The van der Waals surface area contributed by atoms with Gasteiger partial charge in [-0.05, 0) is 65.7 Å². The molecule has 0 radical (unpaired) electrons. The van der Waals surface area contributed by atoms with E-state index < -0.39 is 0 Å². The molecule has 1 atom stereocenters. The van der Waals surface area contributed by atoms with Gasteiger partial charge in [-0.3, -0.25) is 0 Å². The molecule has 1 aliphatic heterocycles. The van der Waals surface area contributed by atoms with Crippen LogP contribution in [0.1, 0.15) is 42.4 Å². The van der Waals surface area contributed by atoms with Crippen molar-refractivity contribution in [1.29, 1.82) is 0 Å². The topological polar surface area (TPSA) is 35.0 Å². The largest absolute Gasteiger partial charge is 0.456 e. The smallest absolute Gasteiger partial charge is 0.160 e. The van der Waals surface area contributed by atoms with Crippen molar-refractivity contribution in [3.63, 3.8) is 0 Å². The number of rotatable bonds is 3. The third-order valence-corrected chi connectivity index (χ3v) is 10.5. The quantitative estimate of drug-likeness (QED) is 0.198. The van der Waals surface area contributed by atoms with E-state index in [1.165, 1.54) is 33.4 Å². The lowest BCUT2D eigenvalue weighted by Gasteiger charge is -2.44. The lowest BCUT2D eigenvalue weighted by Crippen LogP contribution is -2.37. The highest BCUT2D eigenvalue weighted by Crippen LogP contribution is 2.63. The maximum absolute atomic E-state index is 6.96. The monoisotopic (exact) mass is 616 g/mol. The van der Waals surface area contributed by atoms with E-state index in [4.69, 9.17) is 14.7 Å². The Labute approximate surface area is 280 Å². The first-order chi connectivity index (χ1) is 23.8. The molecular weight excluding hydrogens is 585 g/mol. The molecule has 1 aromatic heterocycles. The van der Waals surface area contributed by atoms with Crippen LogP contribution in [0.15, 0.2) is 163 Å². The molecule has 3 nitrogen and oxygen atoms in total. The van der Waals surface area contributed by atoms with Crippen LogP contribution in [-0.4, -0.2) is 9.97 Å². The predicted octanol–water partition coefficient (Wildman–Crippen LogP) is 11.0. The number of allylic oxidation sites excluding steroid dienone is 7. The van der Waals surface area contributed by atoms with Crippen LogP contribution in [0, 0.1) is 0 Å². The molecule has 10 rings (SSSR count). The number of hydrogen-bond donors (Lipinski definition) is 0. The lowest BCUT2D eigenvalue weighted by molar-refractivity contribution is 0.381. The van der Waals surface area contributed by atoms with Crippen molar-refractivity contribution in [3.8, 4) is 39.5 Å².